The van der Waals surface area contributed by atoms with Crippen LogP contribution in [0.3, 0.4) is 0 Å². The summed E-state index contributed by atoms with van der Waals surface area (Å²) in [6.45, 7) is 0. The SMILES string of the molecule is Nc1ccc(-c2cccc3[nH]ncc23)cc1F. The lowest BCUT2D eigenvalue weighted by Gasteiger charge is -2.04. The summed E-state index contributed by atoms with van der Waals surface area (Å²) < 4.78 is 13.4. The molecule has 2 aromatic carbocycles. The van der Waals surface area contributed by atoms with Gasteiger partial charge in [-0.05, 0) is 29.3 Å². The number of rotatable bonds is 1. The fourth-order valence-electron chi connectivity index (χ4n) is 1.91. The van der Waals surface area contributed by atoms with E-state index < -0.39 is 5.82 Å². The van der Waals surface area contributed by atoms with Crippen LogP contribution in [-0.4, -0.2) is 10.2 Å². The molecule has 17 heavy (non-hydrogen) atoms. The summed E-state index contributed by atoms with van der Waals surface area (Å²) in [5.74, 6) is -0.400. The Balaban J connectivity index is 2.26. The van der Waals surface area contributed by atoms with Crippen molar-refractivity contribution in [3.8, 4) is 11.1 Å². The number of hydrogen-bond acceptors (Lipinski definition) is 2. The number of nitrogens with two attached hydrogens (primary N) is 1. The monoisotopic (exact) mass is 227 g/mol. The lowest BCUT2D eigenvalue weighted by Crippen LogP contribution is -1.90. The zero-order valence-corrected chi connectivity index (χ0v) is 8.94. The van der Waals surface area contributed by atoms with Gasteiger partial charge in [0.1, 0.15) is 5.82 Å². The number of aromatic amines is 1. The first-order chi connectivity index (χ1) is 8.25. The van der Waals surface area contributed by atoms with Crippen LogP contribution in [0, 0.1) is 5.82 Å². The molecule has 0 amide bonds. The number of nitrogens with zero attached hydrogens (tertiary/aromatic N) is 1. The van der Waals surface area contributed by atoms with Crippen molar-refractivity contribution in [3.63, 3.8) is 0 Å². The highest BCUT2D eigenvalue weighted by atomic mass is 19.1. The molecule has 3 rings (SSSR count). The Morgan fingerprint density at radius 3 is 2.88 bits per heavy atom. The van der Waals surface area contributed by atoms with E-state index in [-0.39, 0.29) is 5.69 Å². The molecule has 0 fully saturated rings. The highest BCUT2D eigenvalue weighted by molar-refractivity contribution is 5.94. The van der Waals surface area contributed by atoms with Crippen LogP contribution in [0.5, 0.6) is 0 Å². The fourth-order valence-corrected chi connectivity index (χ4v) is 1.91. The largest absolute Gasteiger partial charge is 0.396 e. The maximum Gasteiger partial charge on any atom is 0.146 e. The number of hydrogen-bond donors (Lipinski definition) is 2. The van der Waals surface area contributed by atoms with Crippen molar-refractivity contribution in [2.24, 2.45) is 0 Å². The molecule has 3 aromatic rings. The van der Waals surface area contributed by atoms with Crippen LogP contribution in [0.1, 0.15) is 0 Å². The topological polar surface area (TPSA) is 54.7 Å². The molecule has 0 bridgehead atoms. The van der Waals surface area contributed by atoms with E-state index >= 15 is 0 Å². The van der Waals surface area contributed by atoms with Crippen molar-refractivity contribution in [2.45, 2.75) is 0 Å². The molecule has 0 aliphatic heterocycles. The summed E-state index contributed by atoms with van der Waals surface area (Å²) in [6.07, 6.45) is 1.74. The van der Waals surface area contributed by atoms with E-state index in [4.69, 9.17) is 5.73 Å². The van der Waals surface area contributed by atoms with E-state index in [1.54, 1.807) is 18.3 Å². The van der Waals surface area contributed by atoms with Gasteiger partial charge in [0.2, 0.25) is 0 Å². The molecule has 0 aliphatic carbocycles. The van der Waals surface area contributed by atoms with Gasteiger partial charge in [0.25, 0.3) is 0 Å². The molecule has 0 saturated heterocycles. The number of anilines is 1. The average Bonchev–Trinajstić information content (AvgIpc) is 2.80. The van der Waals surface area contributed by atoms with Gasteiger partial charge in [-0.1, -0.05) is 18.2 Å². The first-order valence-corrected chi connectivity index (χ1v) is 5.23. The van der Waals surface area contributed by atoms with Crippen LogP contribution in [0.25, 0.3) is 22.0 Å². The smallest absolute Gasteiger partial charge is 0.146 e. The van der Waals surface area contributed by atoms with E-state index in [2.05, 4.69) is 10.2 Å². The molecule has 0 atom stereocenters. The van der Waals surface area contributed by atoms with E-state index in [0.29, 0.717) is 0 Å². The van der Waals surface area contributed by atoms with E-state index in [0.717, 1.165) is 22.0 Å². The number of aromatic nitrogens is 2. The Kier molecular flexibility index (Phi) is 2.08. The highest BCUT2D eigenvalue weighted by Gasteiger charge is 2.07. The second-order valence-electron chi connectivity index (χ2n) is 3.87. The fraction of sp³-hybridized carbons (Fsp3) is 0. The van der Waals surface area contributed by atoms with Gasteiger partial charge in [-0.25, -0.2) is 4.39 Å². The Bertz CT molecular complexity index is 688. The Morgan fingerprint density at radius 1 is 1.18 bits per heavy atom. The molecule has 3 N–H and O–H groups in total. The van der Waals surface area contributed by atoms with Crippen molar-refractivity contribution in [1.29, 1.82) is 0 Å². The minimum absolute atomic E-state index is 0.160. The minimum atomic E-state index is -0.400. The predicted octanol–water partition coefficient (Wildman–Crippen LogP) is 2.95. The van der Waals surface area contributed by atoms with Crippen LogP contribution in [-0.2, 0) is 0 Å². The van der Waals surface area contributed by atoms with Gasteiger partial charge in [0.05, 0.1) is 17.4 Å². The predicted molar refractivity (Wildman–Crippen MR) is 65.9 cm³/mol. The third-order valence-corrected chi connectivity index (χ3v) is 2.80. The molecule has 0 unspecified atom stereocenters. The van der Waals surface area contributed by atoms with Crippen LogP contribution in [0.2, 0.25) is 0 Å². The van der Waals surface area contributed by atoms with Crippen LogP contribution >= 0.6 is 0 Å². The van der Waals surface area contributed by atoms with E-state index in [9.17, 15) is 4.39 Å². The number of halogens is 1. The van der Waals surface area contributed by atoms with Gasteiger partial charge in [-0.15, -0.1) is 0 Å². The second kappa shape index (κ2) is 3.59. The van der Waals surface area contributed by atoms with Gasteiger partial charge in [0, 0.05) is 5.39 Å². The number of H-pyrrole nitrogens is 1. The molecule has 0 radical (unpaired) electrons. The molecule has 3 nitrogen and oxygen atoms in total. The zero-order valence-electron chi connectivity index (χ0n) is 8.94. The lowest BCUT2D eigenvalue weighted by atomic mass is 10.0. The second-order valence-corrected chi connectivity index (χ2v) is 3.87. The normalized spacial score (nSPS) is 10.9. The summed E-state index contributed by atoms with van der Waals surface area (Å²) in [6, 6.07) is 10.6. The molecule has 0 saturated carbocycles. The summed E-state index contributed by atoms with van der Waals surface area (Å²) in [5.41, 5.74) is 8.29. The Morgan fingerprint density at radius 2 is 2.06 bits per heavy atom. The zero-order chi connectivity index (χ0) is 11.8. The Labute approximate surface area is 97.1 Å². The first kappa shape index (κ1) is 9.84. The summed E-state index contributed by atoms with van der Waals surface area (Å²) in [5, 5.41) is 7.84. The van der Waals surface area contributed by atoms with Gasteiger partial charge < -0.3 is 5.73 Å². The van der Waals surface area contributed by atoms with Crippen molar-refractivity contribution in [2.75, 3.05) is 5.73 Å². The molecule has 0 aliphatic rings. The van der Waals surface area contributed by atoms with Crippen LogP contribution in [0.15, 0.2) is 42.6 Å². The van der Waals surface area contributed by atoms with Crippen molar-refractivity contribution >= 4 is 16.6 Å². The minimum Gasteiger partial charge on any atom is -0.396 e. The van der Waals surface area contributed by atoms with Gasteiger partial charge in [-0.2, -0.15) is 5.10 Å². The van der Waals surface area contributed by atoms with Gasteiger partial charge in [0.15, 0.2) is 0 Å². The van der Waals surface area contributed by atoms with Gasteiger partial charge >= 0.3 is 0 Å². The number of nitrogen functional groups attached to an aromatic ring is 1. The van der Waals surface area contributed by atoms with Crippen LogP contribution in [0.4, 0.5) is 10.1 Å². The average molecular weight is 227 g/mol. The number of nitrogens with one attached hydrogen (secondary N) is 1. The van der Waals surface area contributed by atoms with Crippen molar-refractivity contribution in [3.05, 3.63) is 48.4 Å². The standard InChI is InChI=1S/C13H10FN3/c14-11-6-8(4-5-12(11)15)9-2-1-3-13-10(9)7-16-17-13/h1-7H,15H2,(H,16,17). The molecule has 84 valence electrons. The summed E-state index contributed by atoms with van der Waals surface area (Å²) >= 11 is 0. The summed E-state index contributed by atoms with van der Waals surface area (Å²) in [7, 11) is 0. The molecule has 0 spiro atoms. The first-order valence-electron chi connectivity index (χ1n) is 5.23. The molecular weight excluding hydrogens is 217 g/mol. The summed E-state index contributed by atoms with van der Waals surface area (Å²) in [4.78, 5) is 0. The third-order valence-electron chi connectivity index (χ3n) is 2.80. The number of fused-ring (bicyclic) bond motifs is 1. The maximum absolute atomic E-state index is 13.4. The van der Waals surface area contributed by atoms with E-state index in [1.807, 2.05) is 18.2 Å². The highest BCUT2D eigenvalue weighted by Crippen LogP contribution is 2.28. The lowest BCUT2D eigenvalue weighted by molar-refractivity contribution is 0.633. The molecule has 1 heterocycles. The molecule has 1 aromatic heterocycles. The Hall–Kier alpha value is -2.36. The quantitative estimate of drug-likeness (QED) is 0.628. The van der Waals surface area contributed by atoms with Crippen molar-refractivity contribution < 1.29 is 4.39 Å². The van der Waals surface area contributed by atoms with Crippen molar-refractivity contribution in [1.82, 2.24) is 10.2 Å². The number of benzene rings is 2. The molecular formula is C13H10FN3. The van der Waals surface area contributed by atoms with Gasteiger partial charge in [-0.3, -0.25) is 5.10 Å². The molecule has 4 heteroatoms. The van der Waals surface area contributed by atoms with Crippen LogP contribution < -0.4 is 5.73 Å². The maximum atomic E-state index is 13.4. The third kappa shape index (κ3) is 1.54. The van der Waals surface area contributed by atoms with E-state index in [1.165, 1.54) is 6.07 Å².